The molecule has 2 heterocycles. The number of amides is 1. The maximum Gasteiger partial charge on any atom is 0.250 e. The number of hydrogen-bond acceptors (Lipinski definition) is 6. The van der Waals surface area contributed by atoms with Crippen LogP contribution in [0.5, 0.6) is 0 Å². The molecule has 1 saturated heterocycles. The number of likely N-dealkylation sites (tertiary alicyclic amines) is 1. The fourth-order valence-corrected chi connectivity index (χ4v) is 6.67. The van der Waals surface area contributed by atoms with Crippen LogP contribution in [0.4, 0.5) is 0 Å². The van der Waals surface area contributed by atoms with E-state index in [1.165, 1.54) is 19.1 Å². The Labute approximate surface area is 175 Å². The predicted molar refractivity (Wildman–Crippen MR) is 110 cm³/mol. The summed E-state index contributed by atoms with van der Waals surface area (Å²) in [6.07, 6.45) is 0.934. The molecule has 1 aromatic heterocycles. The lowest BCUT2D eigenvalue weighted by Gasteiger charge is -2.33. The van der Waals surface area contributed by atoms with Crippen LogP contribution in [0.25, 0.3) is 0 Å². The normalized spacial score (nSPS) is 17.2. The summed E-state index contributed by atoms with van der Waals surface area (Å²) in [5, 5.41) is 1.70. The van der Waals surface area contributed by atoms with Crippen molar-refractivity contribution in [2.75, 3.05) is 13.1 Å². The summed E-state index contributed by atoms with van der Waals surface area (Å²) in [4.78, 5) is 14.3. The molecule has 0 spiro atoms. The molecule has 0 radical (unpaired) electrons. The average Bonchev–Trinajstić information content (AvgIpc) is 3.24. The number of sulfonamides is 2. The van der Waals surface area contributed by atoms with Gasteiger partial charge in [0.1, 0.15) is 4.21 Å². The van der Waals surface area contributed by atoms with E-state index >= 15 is 0 Å². The third kappa shape index (κ3) is 5.43. The molecule has 0 aliphatic carbocycles. The van der Waals surface area contributed by atoms with Crippen molar-refractivity contribution in [3.8, 4) is 0 Å². The van der Waals surface area contributed by atoms with E-state index in [9.17, 15) is 21.6 Å². The zero-order valence-corrected chi connectivity index (χ0v) is 18.3. The van der Waals surface area contributed by atoms with Gasteiger partial charge in [-0.25, -0.2) is 21.6 Å². The van der Waals surface area contributed by atoms with Gasteiger partial charge < -0.3 is 4.90 Å². The van der Waals surface area contributed by atoms with Crippen LogP contribution >= 0.6 is 11.3 Å². The van der Waals surface area contributed by atoms with Crippen LogP contribution in [0.1, 0.15) is 19.8 Å². The summed E-state index contributed by atoms with van der Waals surface area (Å²) in [6.45, 7) is 2.22. The Morgan fingerprint density at radius 3 is 2.28 bits per heavy atom. The van der Waals surface area contributed by atoms with Gasteiger partial charge in [0.05, 0.1) is 10.9 Å². The van der Waals surface area contributed by atoms with Gasteiger partial charge in [0.25, 0.3) is 0 Å². The van der Waals surface area contributed by atoms with Crippen molar-refractivity contribution < 1.29 is 21.6 Å². The van der Waals surface area contributed by atoms with E-state index in [0.717, 1.165) is 11.3 Å². The van der Waals surface area contributed by atoms with Crippen LogP contribution in [0, 0.1) is 0 Å². The Balaban J connectivity index is 1.54. The molecule has 2 aromatic rings. The number of carbonyl (C=O) groups is 1. The van der Waals surface area contributed by atoms with E-state index in [-0.39, 0.29) is 21.1 Å². The molecule has 1 amide bonds. The highest BCUT2D eigenvalue weighted by molar-refractivity contribution is 7.91. The van der Waals surface area contributed by atoms with E-state index < -0.39 is 26.1 Å². The van der Waals surface area contributed by atoms with Gasteiger partial charge in [0.2, 0.25) is 26.0 Å². The number of piperidine rings is 1. The van der Waals surface area contributed by atoms with Crippen molar-refractivity contribution in [1.82, 2.24) is 14.3 Å². The fourth-order valence-electron chi connectivity index (χ4n) is 3.14. The van der Waals surface area contributed by atoms with E-state index in [2.05, 4.69) is 9.44 Å². The second-order valence-electron chi connectivity index (χ2n) is 6.81. The first-order valence-corrected chi connectivity index (χ1v) is 13.0. The maximum atomic E-state index is 12.6. The van der Waals surface area contributed by atoms with Crippen LogP contribution in [-0.2, 0) is 24.8 Å². The molecule has 0 saturated carbocycles. The molecule has 11 heteroatoms. The summed E-state index contributed by atoms with van der Waals surface area (Å²) in [6, 6.07) is 9.92. The topological polar surface area (TPSA) is 113 Å². The Hall–Kier alpha value is -1.79. The van der Waals surface area contributed by atoms with Gasteiger partial charge in [-0.2, -0.15) is 4.72 Å². The standard InChI is InChI=1S/C18H23N3O5S3/c1-14(19-28(23,24)16-6-3-2-4-7-16)18(22)21-11-9-15(10-12-21)20-29(25,26)17-8-5-13-27-17/h2-8,13-15,19-20H,9-12H2,1H3/t14-/m0/s1. The van der Waals surface area contributed by atoms with Crippen molar-refractivity contribution in [2.45, 2.75) is 41.0 Å². The number of thiophene rings is 1. The second kappa shape index (κ2) is 8.92. The zero-order chi connectivity index (χ0) is 21.1. The molecule has 0 bridgehead atoms. The number of carbonyl (C=O) groups excluding carboxylic acids is 1. The molecule has 1 aliphatic rings. The lowest BCUT2D eigenvalue weighted by atomic mass is 10.1. The van der Waals surface area contributed by atoms with E-state index in [1.807, 2.05) is 0 Å². The first kappa shape index (κ1) is 21.9. The number of nitrogens with zero attached hydrogens (tertiary/aromatic N) is 1. The Kier molecular flexibility index (Phi) is 6.74. The molecule has 1 fully saturated rings. The number of nitrogens with one attached hydrogen (secondary N) is 2. The number of benzene rings is 1. The number of rotatable bonds is 7. The highest BCUT2D eigenvalue weighted by atomic mass is 32.2. The quantitative estimate of drug-likeness (QED) is 0.652. The Bertz CT molecular complexity index is 1030. The van der Waals surface area contributed by atoms with Crippen molar-refractivity contribution in [1.29, 1.82) is 0 Å². The smallest absolute Gasteiger partial charge is 0.250 e. The molecule has 0 unspecified atom stereocenters. The van der Waals surface area contributed by atoms with Gasteiger partial charge in [-0.3, -0.25) is 4.79 Å². The zero-order valence-electron chi connectivity index (χ0n) is 15.8. The van der Waals surface area contributed by atoms with Crippen LogP contribution in [0.15, 0.2) is 56.9 Å². The Morgan fingerprint density at radius 2 is 1.69 bits per heavy atom. The Morgan fingerprint density at radius 1 is 1.03 bits per heavy atom. The lowest BCUT2D eigenvalue weighted by molar-refractivity contribution is -0.133. The SMILES string of the molecule is C[C@H](NS(=O)(=O)c1ccccc1)C(=O)N1CCC(NS(=O)(=O)c2cccs2)CC1. The lowest BCUT2D eigenvalue weighted by Crippen LogP contribution is -2.52. The van der Waals surface area contributed by atoms with Gasteiger partial charge in [-0.1, -0.05) is 24.3 Å². The van der Waals surface area contributed by atoms with Crippen molar-refractivity contribution in [3.63, 3.8) is 0 Å². The monoisotopic (exact) mass is 457 g/mol. The van der Waals surface area contributed by atoms with E-state index in [0.29, 0.717) is 25.9 Å². The molecule has 2 N–H and O–H groups in total. The third-order valence-electron chi connectivity index (χ3n) is 4.64. The molecule has 158 valence electrons. The average molecular weight is 458 g/mol. The van der Waals surface area contributed by atoms with Crippen molar-refractivity contribution in [2.24, 2.45) is 0 Å². The van der Waals surface area contributed by atoms with Crippen LogP contribution in [-0.4, -0.2) is 52.8 Å². The molecule has 1 atom stereocenters. The highest BCUT2D eigenvalue weighted by Gasteiger charge is 2.30. The third-order valence-corrected chi connectivity index (χ3v) is 9.12. The minimum Gasteiger partial charge on any atom is -0.341 e. The van der Waals surface area contributed by atoms with Gasteiger partial charge in [0, 0.05) is 19.1 Å². The van der Waals surface area contributed by atoms with E-state index in [4.69, 9.17) is 0 Å². The summed E-state index contributed by atoms with van der Waals surface area (Å²) in [7, 11) is -7.34. The van der Waals surface area contributed by atoms with Gasteiger partial charge >= 0.3 is 0 Å². The molecular weight excluding hydrogens is 434 g/mol. The molecule has 3 rings (SSSR count). The predicted octanol–water partition coefficient (Wildman–Crippen LogP) is 1.38. The molecule has 29 heavy (non-hydrogen) atoms. The molecule has 1 aliphatic heterocycles. The van der Waals surface area contributed by atoms with Crippen LogP contribution in [0.3, 0.4) is 0 Å². The second-order valence-corrected chi connectivity index (χ2v) is 11.4. The van der Waals surface area contributed by atoms with Crippen LogP contribution < -0.4 is 9.44 Å². The van der Waals surface area contributed by atoms with Crippen molar-refractivity contribution in [3.05, 3.63) is 47.8 Å². The van der Waals surface area contributed by atoms with Gasteiger partial charge in [-0.05, 0) is 43.3 Å². The van der Waals surface area contributed by atoms with Crippen molar-refractivity contribution >= 4 is 37.3 Å². The first-order valence-electron chi connectivity index (χ1n) is 9.11. The summed E-state index contributed by atoms with van der Waals surface area (Å²) >= 11 is 1.15. The first-order chi connectivity index (χ1) is 13.7. The molecule has 1 aromatic carbocycles. The van der Waals surface area contributed by atoms with Crippen LogP contribution in [0.2, 0.25) is 0 Å². The minimum absolute atomic E-state index is 0.0985. The summed E-state index contributed by atoms with van der Waals surface area (Å²) < 4.78 is 54.8. The highest BCUT2D eigenvalue weighted by Crippen LogP contribution is 2.19. The van der Waals surface area contributed by atoms with Gasteiger partial charge in [0.15, 0.2) is 0 Å². The number of hydrogen-bond donors (Lipinski definition) is 2. The molecule has 8 nitrogen and oxygen atoms in total. The van der Waals surface area contributed by atoms with E-state index in [1.54, 1.807) is 40.6 Å². The summed E-state index contributed by atoms with van der Waals surface area (Å²) in [5.41, 5.74) is 0. The van der Waals surface area contributed by atoms with Gasteiger partial charge in [-0.15, -0.1) is 11.3 Å². The summed E-state index contributed by atoms with van der Waals surface area (Å²) in [5.74, 6) is -0.330. The fraction of sp³-hybridized carbons (Fsp3) is 0.389. The molecular formula is C18H23N3O5S3. The minimum atomic E-state index is -3.79. The largest absolute Gasteiger partial charge is 0.341 e. The maximum absolute atomic E-state index is 12.6.